The molecule has 6 heteroatoms. The molecule has 0 unspecified atom stereocenters. The zero-order chi connectivity index (χ0) is 15.5. The van der Waals surface area contributed by atoms with Gasteiger partial charge in [-0.1, -0.05) is 12.1 Å². The lowest BCUT2D eigenvalue weighted by Crippen LogP contribution is -2.22. The average molecular weight is 295 g/mol. The summed E-state index contributed by atoms with van der Waals surface area (Å²) in [5.41, 5.74) is 0.132. The fourth-order valence-corrected chi connectivity index (χ4v) is 1.71. The van der Waals surface area contributed by atoms with Gasteiger partial charge >= 0.3 is 6.18 Å². The predicted molar refractivity (Wildman–Crippen MR) is 70.7 cm³/mol. The topological polar surface area (TPSA) is 49.3 Å². The van der Waals surface area contributed by atoms with Crippen LogP contribution in [0.5, 0.6) is 5.75 Å². The number of hydrogen-bond donors (Lipinski definition) is 2. The molecule has 0 aromatic heterocycles. The first-order valence-corrected chi connectivity index (χ1v) is 6.09. The number of amides is 1. The van der Waals surface area contributed by atoms with Crippen LogP contribution in [0.4, 0.5) is 13.2 Å². The molecule has 2 aromatic carbocycles. The third kappa shape index (κ3) is 3.98. The minimum Gasteiger partial charge on any atom is -0.508 e. The summed E-state index contributed by atoms with van der Waals surface area (Å²) in [5.74, 6) is -0.343. The molecule has 1 amide bonds. The van der Waals surface area contributed by atoms with Gasteiger partial charge in [-0.05, 0) is 42.0 Å². The Morgan fingerprint density at radius 2 is 1.57 bits per heavy atom. The summed E-state index contributed by atoms with van der Waals surface area (Å²) in [4.78, 5) is 11.8. The van der Waals surface area contributed by atoms with Crippen LogP contribution in [0.2, 0.25) is 0 Å². The van der Waals surface area contributed by atoms with Crippen LogP contribution >= 0.6 is 0 Å². The highest BCUT2D eigenvalue weighted by Crippen LogP contribution is 2.29. The molecule has 0 atom stereocenters. The maximum atomic E-state index is 12.4. The standard InChI is InChI=1S/C15H12F3NO2/c16-15(17,18)12-5-3-11(4-6-12)14(21)19-9-10-1-7-13(20)8-2-10/h1-8,20H,9H2,(H,19,21). The summed E-state index contributed by atoms with van der Waals surface area (Å²) in [6, 6.07) is 10.3. The van der Waals surface area contributed by atoms with E-state index in [-0.39, 0.29) is 17.9 Å². The SMILES string of the molecule is O=C(NCc1ccc(O)cc1)c1ccc(C(F)(F)F)cc1. The summed E-state index contributed by atoms with van der Waals surface area (Å²) in [7, 11) is 0. The largest absolute Gasteiger partial charge is 0.508 e. The van der Waals surface area contributed by atoms with Gasteiger partial charge < -0.3 is 10.4 Å². The van der Waals surface area contributed by atoms with Crippen molar-refractivity contribution in [3.63, 3.8) is 0 Å². The minimum absolute atomic E-state index is 0.118. The second kappa shape index (κ2) is 5.87. The van der Waals surface area contributed by atoms with Crippen molar-refractivity contribution < 1.29 is 23.1 Å². The number of phenols is 1. The first-order valence-electron chi connectivity index (χ1n) is 6.09. The maximum absolute atomic E-state index is 12.4. The van der Waals surface area contributed by atoms with Crippen molar-refractivity contribution in [3.05, 3.63) is 65.2 Å². The van der Waals surface area contributed by atoms with E-state index in [4.69, 9.17) is 5.11 Å². The summed E-state index contributed by atoms with van der Waals surface area (Å²) < 4.78 is 37.2. The minimum atomic E-state index is -4.42. The van der Waals surface area contributed by atoms with E-state index in [0.29, 0.717) is 0 Å². The molecule has 2 aromatic rings. The van der Waals surface area contributed by atoms with Gasteiger partial charge in [0.15, 0.2) is 0 Å². The Bertz CT molecular complexity index is 619. The van der Waals surface area contributed by atoms with Gasteiger partial charge in [0.25, 0.3) is 5.91 Å². The van der Waals surface area contributed by atoms with E-state index >= 15 is 0 Å². The second-order valence-electron chi connectivity index (χ2n) is 4.42. The van der Waals surface area contributed by atoms with E-state index in [2.05, 4.69) is 5.32 Å². The molecular weight excluding hydrogens is 283 g/mol. The fraction of sp³-hybridized carbons (Fsp3) is 0.133. The van der Waals surface area contributed by atoms with Gasteiger partial charge in [0.05, 0.1) is 5.56 Å². The van der Waals surface area contributed by atoms with Crippen molar-refractivity contribution in [2.24, 2.45) is 0 Å². The van der Waals surface area contributed by atoms with Crippen molar-refractivity contribution in [1.29, 1.82) is 0 Å². The molecule has 0 heterocycles. The molecular formula is C15H12F3NO2. The highest BCUT2D eigenvalue weighted by molar-refractivity contribution is 5.94. The molecule has 0 bridgehead atoms. The summed E-state index contributed by atoms with van der Waals surface area (Å²) in [6.07, 6.45) is -4.42. The van der Waals surface area contributed by atoms with Gasteiger partial charge in [0.1, 0.15) is 5.75 Å². The molecule has 0 radical (unpaired) electrons. The fourth-order valence-electron chi connectivity index (χ4n) is 1.71. The number of phenolic OH excluding ortho intramolecular Hbond substituents is 1. The molecule has 2 rings (SSSR count). The number of aromatic hydroxyl groups is 1. The molecule has 0 aliphatic rings. The zero-order valence-electron chi connectivity index (χ0n) is 10.8. The molecule has 0 spiro atoms. The highest BCUT2D eigenvalue weighted by Gasteiger charge is 2.30. The van der Waals surface area contributed by atoms with Gasteiger partial charge in [0.2, 0.25) is 0 Å². The van der Waals surface area contributed by atoms with Crippen molar-refractivity contribution in [2.75, 3.05) is 0 Å². The lowest BCUT2D eigenvalue weighted by Gasteiger charge is -2.08. The lowest BCUT2D eigenvalue weighted by molar-refractivity contribution is -0.137. The van der Waals surface area contributed by atoms with E-state index < -0.39 is 17.6 Å². The normalized spacial score (nSPS) is 11.2. The Hall–Kier alpha value is -2.50. The van der Waals surface area contributed by atoms with Gasteiger partial charge in [-0.25, -0.2) is 0 Å². The van der Waals surface area contributed by atoms with Crippen molar-refractivity contribution >= 4 is 5.91 Å². The van der Waals surface area contributed by atoms with Gasteiger partial charge in [-0.15, -0.1) is 0 Å². The molecule has 0 saturated heterocycles. The van der Waals surface area contributed by atoms with Gasteiger partial charge in [-0.3, -0.25) is 4.79 Å². The molecule has 0 aliphatic carbocycles. The quantitative estimate of drug-likeness (QED) is 0.912. The van der Waals surface area contributed by atoms with Crippen LogP contribution in [0.15, 0.2) is 48.5 Å². The summed E-state index contributed by atoms with van der Waals surface area (Å²) in [6.45, 7) is 0.222. The van der Waals surface area contributed by atoms with Crippen LogP contribution in [0, 0.1) is 0 Å². The maximum Gasteiger partial charge on any atom is 0.416 e. The Morgan fingerprint density at radius 1 is 1.00 bits per heavy atom. The Labute approximate surface area is 119 Å². The van der Waals surface area contributed by atoms with E-state index in [1.807, 2.05) is 0 Å². The van der Waals surface area contributed by atoms with E-state index in [1.54, 1.807) is 12.1 Å². The Morgan fingerprint density at radius 3 is 2.10 bits per heavy atom. The van der Waals surface area contributed by atoms with Gasteiger partial charge in [0, 0.05) is 12.1 Å². The van der Waals surface area contributed by atoms with Crippen LogP contribution in [0.3, 0.4) is 0 Å². The molecule has 0 aliphatic heterocycles. The second-order valence-corrected chi connectivity index (χ2v) is 4.42. The lowest BCUT2D eigenvalue weighted by atomic mass is 10.1. The molecule has 0 fully saturated rings. The van der Waals surface area contributed by atoms with Crippen molar-refractivity contribution in [2.45, 2.75) is 12.7 Å². The highest BCUT2D eigenvalue weighted by atomic mass is 19.4. The predicted octanol–water partition coefficient (Wildman–Crippen LogP) is 3.34. The number of hydrogen-bond acceptors (Lipinski definition) is 2. The van der Waals surface area contributed by atoms with E-state index in [1.165, 1.54) is 12.1 Å². The first-order chi connectivity index (χ1) is 9.86. The van der Waals surface area contributed by atoms with E-state index in [9.17, 15) is 18.0 Å². The van der Waals surface area contributed by atoms with Crippen molar-refractivity contribution in [3.8, 4) is 5.75 Å². The number of nitrogens with one attached hydrogen (secondary N) is 1. The number of carbonyl (C=O) groups is 1. The monoisotopic (exact) mass is 295 g/mol. The molecule has 21 heavy (non-hydrogen) atoms. The molecule has 3 nitrogen and oxygen atoms in total. The molecule has 2 N–H and O–H groups in total. The first kappa shape index (κ1) is 14.9. The van der Waals surface area contributed by atoms with E-state index in [0.717, 1.165) is 29.8 Å². The summed E-state index contributed by atoms with van der Waals surface area (Å²) >= 11 is 0. The van der Waals surface area contributed by atoms with Crippen LogP contribution in [0.1, 0.15) is 21.5 Å². The van der Waals surface area contributed by atoms with Crippen LogP contribution in [0.25, 0.3) is 0 Å². The molecule has 0 saturated carbocycles. The number of carbonyl (C=O) groups excluding carboxylic acids is 1. The van der Waals surface area contributed by atoms with Crippen LogP contribution in [-0.4, -0.2) is 11.0 Å². The number of alkyl halides is 3. The van der Waals surface area contributed by atoms with Crippen LogP contribution < -0.4 is 5.32 Å². The third-order valence-electron chi connectivity index (χ3n) is 2.86. The molecule has 110 valence electrons. The smallest absolute Gasteiger partial charge is 0.416 e. The number of benzene rings is 2. The van der Waals surface area contributed by atoms with Crippen molar-refractivity contribution in [1.82, 2.24) is 5.32 Å². The number of halogens is 3. The Kier molecular flexibility index (Phi) is 4.16. The van der Waals surface area contributed by atoms with Crippen LogP contribution in [-0.2, 0) is 12.7 Å². The average Bonchev–Trinajstić information content (AvgIpc) is 2.45. The number of rotatable bonds is 3. The van der Waals surface area contributed by atoms with Gasteiger partial charge in [-0.2, -0.15) is 13.2 Å². The Balaban J connectivity index is 1.99. The third-order valence-corrected chi connectivity index (χ3v) is 2.86. The zero-order valence-corrected chi connectivity index (χ0v) is 10.8. The summed E-state index contributed by atoms with van der Waals surface area (Å²) in [5, 5.41) is 11.7.